The van der Waals surface area contributed by atoms with Gasteiger partial charge in [0.05, 0.1) is 16.8 Å². The van der Waals surface area contributed by atoms with Crippen LogP contribution in [0.25, 0.3) is 0 Å². The van der Waals surface area contributed by atoms with Crippen molar-refractivity contribution in [1.82, 2.24) is 4.90 Å². The van der Waals surface area contributed by atoms with Gasteiger partial charge in [-0.15, -0.1) is 0 Å². The number of likely N-dealkylation sites (tertiary alicyclic amines) is 1. The van der Waals surface area contributed by atoms with E-state index in [0.29, 0.717) is 5.56 Å². The Labute approximate surface area is 165 Å². The van der Waals surface area contributed by atoms with Crippen LogP contribution in [0.4, 0.5) is 5.69 Å². The molecule has 29 heavy (non-hydrogen) atoms. The van der Waals surface area contributed by atoms with Gasteiger partial charge in [-0.3, -0.25) is 34.2 Å². The molecule has 1 saturated carbocycles. The molecule has 1 aromatic carbocycles. The van der Waals surface area contributed by atoms with E-state index >= 15 is 0 Å². The van der Waals surface area contributed by atoms with Crippen molar-refractivity contribution in [3.63, 3.8) is 0 Å². The fourth-order valence-electron chi connectivity index (χ4n) is 4.50. The van der Waals surface area contributed by atoms with Crippen molar-refractivity contribution < 1.29 is 28.8 Å². The highest BCUT2D eigenvalue weighted by Crippen LogP contribution is 2.52. The number of carbonyl (C=O) groups excluding carboxylic acids is 4. The highest BCUT2D eigenvalue weighted by Gasteiger charge is 2.59. The second-order valence-corrected chi connectivity index (χ2v) is 7.60. The second kappa shape index (κ2) is 6.91. The van der Waals surface area contributed by atoms with Crippen molar-refractivity contribution in [3.8, 4) is 0 Å². The number of imide groups is 1. The van der Waals surface area contributed by atoms with E-state index < -0.39 is 41.7 Å². The molecule has 9 nitrogen and oxygen atoms in total. The Morgan fingerprint density at radius 1 is 1.17 bits per heavy atom. The first-order valence-electron chi connectivity index (χ1n) is 9.25. The third-order valence-electron chi connectivity index (χ3n) is 5.94. The normalized spacial score (nSPS) is 26.7. The zero-order chi connectivity index (χ0) is 20.9. The molecule has 4 atom stereocenters. The number of esters is 1. The number of carbonyl (C=O) groups is 4. The summed E-state index contributed by atoms with van der Waals surface area (Å²) in [6.45, 7) is 0.383. The molecule has 1 saturated heterocycles. The van der Waals surface area contributed by atoms with Crippen molar-refractivity contribution in [2.75, 3.05) is 13.2 Å². The predicted octanol–water partition coefficient (Wildman–Crippen LogP) is 1.44. The average molecular weight is 398 g/mol. The number of aryl methyl sites for hydroxylation is 1. The molecule has 1 aliphatic heterocycles. The second-order valence-electron chi connectivity index (χ2n) is 7.60. The number of benzene rings is 1. The number of nitro benzene ring substituents is 1. The van der Waals surface area contributed by atoms with Crippen molar-refractivity contribution >= 4 is 29.3 Å². The first-order chi connectivity index (χ1) is 13.8. The first kappa shape index (κ1) is 19.0. The summed E-state index contributed by atoms with van der Waals surface area (Å²) in [6, 6.07) is 3.98. The lowest BCUT2D eigenvalue weighted by Crippen LogP contribution is -2.38. The Bertz CT molecular complexity index is 953. The van der Waals surface area contributed by atoms with Crippen LogP contribution in [-0.4, -0.2) is 46.5 Å². The molecule has 0 spiro atoms. The maximum absolute atomic E-state index is 12.5. The molecule has 3 aliphatic rings. The van der Waals surface area contributed by atoms with Gasteiger partial charge < -0.3 is 4.74 Å². The van der Waals surface area contributed by atoms with E-state index in [-0.39, 0.29) is 34.9 Å². The summed E-state index contributed by atoms with van der Waals surface area (Å²) < 4.78 is 4.92. The van der Waals surface area contributed by atoms with E-state index in [9.17, 15) is 29.3 Å². The Morgan fingerprint density at radius 2 is 1.79 bits per heavy atom. The number of ketones is 1. The van der Waals surface area contributed by atoms with E-state index in [1.165, 1.54) is 12.1 Å². The zero-order valence-electron chi connectivity index (χ0n) is 15.6. The van der Waals surface area contributed by atoms with E-state index in [1.54, 1.807) is 6.92 Å². The van der Waals surface area contributed by atoms with Crippen molar-refractivity contribution in [2.24, 2.45) is 23.7 Å². The number of ether oxygens (including phenoxy) is 1. The third-order valence-corrected chi connectivity index (χ3v) is 5.94. The first-order valence-corrected chi connectivity index (χ1v) is 9.25. The lowest BCUT2D eigenvalue weighted by atomic mass is 9.85. The molecule has 0 radical (unpaired) electrons. The number of hydrogen-bond acceptors (Lipinski definition) is 7. The SMILES string of the molecule is Cc1ccc(C(=O)COC(=O)CN2C(=O)[C@H]3[C@H](C2=O)[C@H]2C=C[C@H]3C2)cc1[N+](=O)[O-]. The molecule has 0 unspecified atom stereocenters. The standard InChI is InChI=1S/C20H18N2O7/c1-10-2-3-11(7-14(10)22(27)28)15(23)9-29-16(24)8-21-19(25)17-12-4-5-13(6-12)18(17)20(21)26/h2-5,7,12-13,17-18H,6,8-9H2,1H3/t12-,13-,17+,18+/m0/s1. The van der Waals surface area contributed by atoms with Crippen LogP contribution in [0.2, 0.25) is 0 Å². The number of hydrogen-bond donors (Lipinski definition) is 0. The number of nitrogens with zero attached hydrogens (tertiary/aromatic N) is 2. The van der Waals surface area contributed by atoms with Gasteiger partial charge in [-0.05, 0) is 25.2 Å². The summed E-state index contributed by atoms with van der Waals surface area (Å²) in [4.78, 5) is 60.7. The number of Topliss-reactive ketones (excluding diaryl/α,β-unsaturated/α-hetero) is 1. The molecule has 0 N–H and O–H groups in total. The Kier molecular flexibility index (Phi) is 4.52. The lowest BCUT2D eigenvalue weighted by molar-refractivity contribution is -0.385. The molecule has 2 aliphatic carbocycles. The molecule has 2 bridgehead atoms. The molecular formula is C20H18N2O7. The molecule has 4 rings (SSSR count). The molecular weight excluding hydrogens is 380 g/mol. The van der Waals surface area contributed by atoms with Gasteiger partial charge in [0.1, 0.15) is 6.54 Å². The van der Waals surface area contributed by atoms with E-state index in [4.69, 9.17) is 4.74 Å². The van der Waals surface area contributed by atoms with Gasteiger partial charge in [-0.1, -0.05) is 24.3 Å². The number of amides is 2. The Morgan fingerprint density at radius 3 is 2.38 bits per heavy atom. The largest absolute Gasteiger partial charge is 0.456 e. The minimum absolute atomic E-state index is 0.0422. The van der Waals surface area contributed by atoms with Gasteiger partial charge in [0, 0.05) is 17.2 Å². The molecule has 1 heterocycles. The lowest BCUT2D eigenvalue weighted by Gasteiger charge is -2.16. The summed E-state index contributed by atoms with van der Waals surface area (Å²) in [5, 5.41) is 11.0. The molecule has 2 amide bonds. The fraction of sp³-hybridized carbons (Fsp3) is 0.400. The molecule has 1 aromatic rings. The quantitative estimate of drug-likeness (QED) is 0.177. The van der Waals surface area contributed by atoms with Gasteiger partial charge >= 0.3 is 5.97 Å². The van der Waals surface area contributed by atoms with Gasteiger partial charge in [0.2, 0.25) is 17.6 Å². The summed E-state index contributed by atoms with van der Waals surface area (Å²) in [6.07, 6.45) is 4.71. The summed E-state index contributed by atoms with van der Waals surface area (Å²) in [5.74, 6) is -2.94. The highest BCUT2D eigenvalue weighted by atomic mass is 16.6. The maximum Gasteiger partial charge on any atom is 0.326 e. The predicted molar refractivity (Wildman–Crippen MR) is 97.6 cm³/mol. The van der Waals surface area contributed by atoms with Crippen molar-refractivity contribution in [2.45, 2.75) is 13.3 Å². The van der Waals surface area contributed by atoms with Gasteiger partial charge in [0.25, 0.3) is 5.69 Å². The number of nitro groups is 1. The van der Waals surface area contributed by atoms with Gasteiger partial charge in [0.15, 0.2) is 6.61 Å². The Balaban J connectivity index is 1.36. The van der Waals surface area contributed by atoms with E-state index in [1.807, 2.05) is 12.2 Å². The number of fused-ring (bicyclic) bond motifs is 5. The fourth-order valence-corrected chi connectivity index (χ4v) is 4.50. The van der Waals surface area contributed by atoms with Crippen molar-refractivity contribution in [1.29, 1.82) is 0 Å². The number of rotatable bonds is 6. The van der Waals surface area contributed by atoms with Crippen LogP contribution in [0.15, 0.2) is 30.4 Å². The molecule has 150 valence electrons. The van der Waals surface area contributed by atoms with Crippen molar-refractivity contribution in [3.05, 3.63) is 51.6 Å². The van der Waals surface area contributed by atoms with Gasteiger partial charge in [-0.2, -0.15) is 0 Å². The topological polar surface area (TPSA) is 124 Å². The van der Waals surface area contributed by atoms with E-state index in [2.05, 4.69) is 0 Å². The Hall–Kier alpha value is -3.36. The summed E-state index contributed by atoms with van der Waals surface area (Å²) >= 11 is 0. The molecule has 2 fully saturated rings. The minimum atomic E-state index is -0.873. The van der Waals surface area contributed by atoms with Crippen LogP contribution in [0.1, 0.15) is 22.3 Å². The van der Waals surface area contributed by atoms with Crippen LogP contribution in [0, 0.1) is 40.7 Å². The smallest absolute Gasteiger partial charge is 0.326 e. The molecule has 0 aromatic heterocycles. The van der Waals surface area contributed by atoms with Crippen LogP contribution in [-0.2, 0) is 19.1 Å². The van der Waals surface area contributed by atoms with Crippen LogP contribution in [0.3, 0.4) is 0 Å². The van der Waals surface area contributed by atoms with Gasteiger partial charge in [-0.25, -0.2) is 0 Å². The average Bonchev–Trinajstić information content (AvgIpc) is 3.36. The number of allylic oxidation sites excluding steroid dienone is 2. The summed E-state index contributed by atoms with van der Waals surface area (Å²) in [5.41, 5.74) is 0.245. The monoisotopic (exact) mass is 398 g/mol. The summed E-state index contributed by atoms with van der Waals surface area (Å²) in [7, 11) is 0. The van der Waals surface area contributed by atoms with Crippen LogP contribution < -0.4 is 0 Å². The molecule has 9 heteroatoms. The van der Waals surface area contributed by atoms with Crippen LogP contribution >= 0.6 is 0 Å². The zero-order valence-corrected chi connectivity index (χ0v) is 15.6. The maximum atomic E-state index is 12.5. The van der Waals surface area contributed by atoms with E-state index in [0.717, 1.165) is 17.4 Å². The minimum Gasteiger partial charge on any atom is -0.456 e. The highest BCUT2D eigenvalue weighted by molar-refractivity contribution is 6.08. The third kappa shape index (κ3) is 3.12. The van der Waals surface area contributed by atoms with Crippen LogP contribution in [0.5, 0.6) is 0 Å².